The van der Waals surface area contributed by atoms with E-state index in [1.54, 1.807) is 26.4 Å². The SMILES string of the molecule is COc1cc2c(cc1OC)[C@H](CNC(C)=O)[NH+](Cc1cccc(F)c1)CC2. The summed E-state index contributed by atoms with van der Waals surface area (Å²) in [5.74, 6) is 1.10. The molecule has 0 aromatic heterocycles. The van der Waals surface area contributed by atoms with Crippen LogP contribution >= 0.6 is 0 Å². The Kier molecular flexibility index (Phi) is 5.96. The number of benzene rings is 2. The number of rotatable bonds is 6. The van der Waals surface area contributed by atoms with Crippen molar-refractivity contribution in [2.24, 2.45) is 0 Å². The second-order valence-electron chi connectivity index (χ2n) is 6.86. The number of carbonyl (C=O) groups is 1. The van der Waals surface area contributed by atoms with Gasteiger partial charge in [-0.3, -0.25) is 4.79 Å². The first-order valence-electron chi connectivity index (χ1n) is 9.10. The predicted molar refractivity (Wildman–Crippen MR) is 101 cm³/mol. The minimum absolute atomic E-state index is 0.0562. The zero-order valence-electron chi connectivity index (χ0n) is 16.0. The minimum Gasteiger partial charge on any atom is -0.493 e. The summed E-state index contributed by atoms with van der Waals surface area (Å²) < 4.78 is 24.5. The van der Waals surface area contributed by atoms with Gasteiger partial charge in [-0.05, 0) is 29.8 Å². The zero-order chi connectivity index (χ0) is 19.4. The van der Waals surface area contributed by atoms with E-state index in [2.05, 4.69) is 5.32 Å². The summed E-state index contributed by atoms with van der Waals surface area (Å²) in [6, 6.07) is 10.8. The maximum absolute atomic E-state index is 13.6. The highest BCUT2D eigenvalue weighted by Crippen LogP contribution is 2.34. The molecule has 3 rings (SSSR count). The van der Waals surface area contributed by atoms with Crippen LogP contribution in [0.25, 0.3) is 0 Å². The highest BCUT2D eigenvalue weighted by atomic mass is 19.1. The Morgan fingerprint density at radius 3 is 2.63 bits per heavy atom. The Morgan fingerprint density at radius 2 is 1.96 bits per heavy atom. The van der Waals surface area contributed by atoms with E-state index in [4.69, 9.17) is 9.47 Å². The Bertz CT molecular complexity index is 825. The van der Waals surface area contributed by atoms with Gasteiger partial charge in [0.2, 0.25) is 5.91 Å². The van der Waals surface area contributed by atoms with Crippen LogP contribution in [0.15, 0.2) is 36.4 Å². The fourth-order valence-electron chi connectivity index (χ4n) is 3.79. The Labute approximate surface area is 159 Å². The number of hydrogen-bond donors (Lipinski definition) is 2. The van der Waals surface area contributed by atoms with Gasteiger partial charge in [0.15, 0.2) is 11.5 Å². The van der Waals surface area contributed by atoms with Crippen LogP contribution in [0.5, 0.6) is 11.5 Å². The van der Waals surface area contributed by atoms with Crippen molar-refractivity contribution in [2.75, 3.05) is 27.3 Å². The number of amides is 1. The molecule has 2 aromatic carbocycles. The number of nitrogens with one attached hydrogen (secondary N) is 2. The third-order valence-corrected chi connectivity index (χ3v) is 5.10. The summed E-state index contributed by atoms with van der Waals surface area (Å²) in [5, 5.41) is 2.94. The first kappa shape index (κ1) is 19.2. The average Bonchev–Trinajstić information content (AvgIpc) is 2.65. The van der Waals surface area contributed by atoms with E-state index in [9.17, 15) is 9.18 Å². The van der Waals surface area contributed by atoms with E-state index in [1.165, 1.54) is 23.5 Å². The predicted octanol–water partition coefficient (Wildman–Crippen LogP) is 1.66. The molecule has 1 heterocycles. The molecule has 0 radical (unpaired) electrons. The van der Waals surface area contributed by atoms with Crippen LogP contribution < -0.4 is 19.7 Å². The summed E-state index contributed by atoms with van der Waals surface area (Å²) in [7, 11) is 3.25. The molecule has 0 saturated carbocycles. The van der Waals surface area contributed by atoms with Crippen LogP contribution in [0.3, 0.4) is 0 Å². The van der Waals surface area contributed by atoms with E-state index in [1.807, 2.05) is 18.2 Å². The molecular weight excluding hydrogens is 347 g/mol. The largest absolute Gasteiger partial charge is 0.493 e. The van der Waals surface area contributed by atoms with Crippen molar-refractivity contribution in [1.29, 1.82) is 0 Å². The molecule has 1 aliphatic heterocycles. The van der Waals surface area contributed by atoms with Crippen LogP contribution in [0.1, 0.15) is 29.7 Å². The van der Waals surface area contributed by atoms with Crippen molar-refractivity contribution < 1.29 is 23.6 Å². The third kappa shape index (κ3) is 4.39. The Balaban J connectivity index is 1.94. The highest BCUT2D eigenvalue weighted by molar-refractivity contribution is 5.72. The second kappa shape index (κ2) is 8.39. The van der Waals surface area contributed by atoms with Crippen LogP contribution in [0.4, 0.5) is 4.39 Å². The lowest BCUT2D eigenvalue weighted by atomic mass is 9.91. The second-order valence-corrected chi connectivity index (χ2v) is 6.86. The Morgan fingerprint density at radius 1 is 1.22 bits per heavy atom. The summed E-state index contributed by atoms with van der Waals surface area (Å²) in [6.07, 6.45) is 0.886. The van der Waals surface area contributed by atoms with Gasteiger partial charge < -0.3 is 19.7 Å². The Hall–Kier alpha value is -2.60. The van der Waals surface area contributed by atoms with Gasteiger partial charge >= 0.3 is 0 Å². The van der Waals surface area contributed by atoms with Crippen molar-refractivity contribution in [2.45, 2.75) is 25.9 Å². The number of quaternary nitrogens is 1. The van der Waals surface area contributed by atoms with Gasteiger partial charge in [0.25, 0.3) is 0 Å². The van der Waals surface area contributed by atoms with E-state index >= 15 is 0 Å². The number of halogens is 1. The van der Waals surface area contributed by atoms with Crippen molar-refractivity contribution in [3.05, 3.63) is 58.9 Å². The molecule has 2 aromatic rings. The topological polar surface area (TPSA) is 52.0 Å². The number of carbonyl (C=O) groups excluding carboxylic acids is 1. The normalized spacial score (nSPS) is 18.5. The van der Waals surface area contributed by atoms with Crippen molar-refractivity contribution in [1.82, 2.24) is 5.32 Å². The molecule has 144 valence electrons. The first-order valence-corrected chi connectivity index (χ1v) is 9.10. The molecule has 0 spiro atoms. The molecule has 27 heavy (non-hydrogen) atoms. The number of ether oxygens (including phenoxy) is 2. The molecule has 2 N–H and O–H groups in total. The van der Waals surface area contributed by atoms with Crippen molar-refractivity contribution in [3.8, 4) is 11.5 Å². The summed E-state index contributed by atoms with van der Waals surface area (Å²) >= 11 is 0. The van der Waals surface area contributed by atoms with E-state index in [-0.39, 0.29) is 17.8 Å². The number of hydrogen-bond acceptors (Lipinski definition) is 3. The average molecular weight is 373 g/mol. The fourth-order valence-corrected chi connectivity index (χ4v) is 3.79. The molecule has 0 bridgehead atoms. The molecule has 6 heteroatoms. The smallest absolute Gasteiger partial charge is 0.217 e. The van der Waals surface area contributed by atoms with Crippen molar-refractivity contribution in [3.63, 3.8) is 0 Å². The van der Waals surface area contributed by atoms with Crippen LogP contribution in [0.2, 0.25) is 0 Å². The molecule has 5 nitrogen and oxygen atoms in total. The maximum Gasteiger partial charge on any atom is 0.217 e. The lowest BCUT2D eigenvalue weighted by Gasteiger charge is -2.35. The van der Waals surface area contributed by atoms with Gasteiger partial charge in [0, 0.05) is 24.5 Å². The third-order valence-electron chi connectivity index (χ3n) is 5.10. The lowest BCUT2D eigenvalue weighted by Crippen LogP contribution is -3.12. The molecule has 0 fully saturated rings. The number of methoxy groups -OCH3 is 2. The first-order chi connectivity index (χ1) is 13.0. The molecule has 1 amide bonds. The van der Waals surface area contributed by atoms with E-state index < -0.39 is 0 Å². The summed E-state index contributed by atoms with van der Waals surface area (Å²) in [5.41, 5.74) is 3.28. The quantitative estimate of drug-likeness (QED) is 0.810. The van der Waals surface area contributed by atoms with Gasteiger partial charge in [-0.15, -0.1) is 0 Å². The molecule has 0 saturated heterocycles. The molecular formula is C21H26FN2O3+. The molecule has 1 unspecified atom stereocenters. The van der Waals surface area contributed by atoms with Gasteiger partial charge in [0.05, 0.1) is 27.3 Å². The van der Waals surface area contributed by atoms with E-state index in [0.717, 1.165) is 24.1 Å². The van der Waals surface area contributed by atoms with Gasteiger partial charge in [0.1, 0.15) is 18.4 Å². The van der Waals surface area contributed by atoms with Crippen molar-refractivity contribution >= 4 is 5.91 Å². The monoisotopic (exact) mass is 373 g/mol. The van der Waals surface area contributed by atoms with Gasteiger partial charge in [-0.2, -0.15) is 0 Å². The zero-order valence-corrected chi connectivity index (χ0v) is 16.0. The highest BCUT2D eigenvalue weighted by Gasteiger charge is 2.32. The number of fused-ring (bicyclic) bond motifs is 1. The molecule has 1 aliphatic rings. The minimum atomic E-state index is -0.228. The summed E-state index contributed by atoms with van der Waals surface area (Å²) in [6.45, 7) is 3.62. The maximum atomic E-state index is 13.6. The van der Waals surface area contributed by atoms with E-state index in [0.29, 0.717) is 24.6 Å². The summed E-state index contributed by atoms with van der Waals surface area (Å²) in [4.78, 5) is 12.8. The van der Waals surface area contributed by atoms with Crippen LogP contribution in [-0.4, -0.2) is 33.2 Å². The van der Waals surface area contributed by atoms with Gasteiger partial charge in [-0.1, -0.05) is 12.1 Å². The lowest BCUT2D eigenvalue weighted by molar-refractivity contribution is -0.945. The molecule has 2 atom stereocenters. The fraction of sp³-hybridized carbons (Fsp3) is 0.381. The van der Waals surface area contributed by atoms with Crippen LogP contribution in [0, 0.1) is 5.82 Å². The molecule has 0 aliphatic carbocycles. The van der Waals surface area contributed by atoms with Crippen LogP contribution in [-0.2, 0) is 17.8 Å². The van der Waals surface area contributed by atoms with Gasteiger partial charge in [-0.25, -0.2) is 4.39 Å². The standard InChI is InChI=1S/C21H25FN2O3/c1-14(25)23-12-19-18-11-21(27-3)20(26-2)10-16(18)7-8-24(19)13-15-5-4-6-17(22)9-15/h4-6,9-11,19H,7-8,12-13H2,1-3H3,(H,23,25)/p+1/t19-/m0/s1.